The molecule has 286 valence electrons. The summed E-state index contributed by atoms with van der Waals surface area (Å²) < 4.78 is 16.5. The van der Waals surface area contributed by atoms with Crippen LogP contribution in [0.25, 0.3) is 0 Å². The minimum atomic E-state index is -0.788. The summed E-state index contributed by atoms with van der Waals surface area (Å²) in [5.74, 6) is -0.963. The molecule has 0 bridgehead atoms. The van der Waals surface area contributed by atoms with Crippen molar-refractivity contribution in [1.29, 1.82) is 0 Å². The molecule has 49 heavy (non-hydrogen) atoms. The van der Waals surface area contributed by atoms with Gasteiger partial charge in [-0.25, -0.2) is 0 Å². The van der Waals surface area contributed by atoms with E-state index in [2.05, 4.69) is 45.1 Å². The Labute approximate surface area is 303 Å². The van der Waals surface area contributed by atoms with Crippen molar-refractivity contribution < 1.29 is 28.6 Å². The van der Waals surface area contributed by atoms with Gasteiger partial charge in [-0.1, -0.05) is 161 Å². The summed E-state index contributed by atoms with van der Waals surface area (Å²) in [4.78, 5) is 37.4. The van der Waals surface area contributed by atoms with E-state index in [9.17, 15) is 14.4 Å². The highest BCUT2D eigenvalue weighted by Crippen LogP contribution is 2.14. The molecule has 0 aromatic carbocycles. The lowest BCUT2D eigenvalue weighted by Crippen LogP contribution is -2.30. The van der Waals surface area contributed by atoms with E-state index in [0.29, 0.717) is 19.3 Å². The third-order valence-electron chi connectivity index (χ3n) is 8.93. The standard InChI is InChI=1S/C43H78O6/c1-4-7-10-13-16-19-20-21-22-25-27-30-33-36-42(45)48-39-40(49-43(46)37-34-31-28-24-18-15-12-9-6-3)38-47-41(44)35-32-29-26-23-17-14-11-8-5-2/h23-24,26,28,40H,4-22,25,27,29-39H2,1-3H3/b26-23-,28-24-. The number of allylic oxidation sites excluding steroid dienone is 4. The van der Waals surface area contributed by atoms with Gasteiger partial charge in [-0.05, 0) is 57.8 Å². The number of hydrogen-bond donors (Lipinski definition) is 0. The SMILES string of the molecule is CCCCCC/C=C\CCCC(=O)OCC(COC(=O)CCCCCCCCCCCCCCC)OC(=O)CCC/C=C\CCCCCC. The Morgan fingerprint density at radius 1 is 0.388 bits per heavy atom. The first kappa shape index (κ1) is 46.9. The molecule has 1 unspecified atom stereocenters. The number of esters is 3. The highest BCUT2D eigenvalue weighted by atomic mass is 16.6. The summed E-state index contributed by atoms with van der Waals surface area (Å²) in [6.45, 7) is 6.50. The third kappa shape index (κ3) is 37.0. The Bertz CT molecular complexity index is 804. The van der Waals surface area contributed by atoms with Gasteiger partial charge < -0.3 is 14.2 Å². The molecule has 0 aliphatic rings. The highest BCUT2D eigenvalue weighted by Gasteiger charge is 2.19. The zero-order valence-corrected chi connectivity index (χ0v) is 32.5. The van der Waals surface area contributed by atoms with Crippen molar-refractivity contribution in [1.82, 2.24) is 0 Å². The molecule has 0 fully saturated rings. The van der Waals surface area contributed by atoms with Gasteiger partial charge in [0.05, 0.1) is 0 Å². The Kier molecular flexibility index (Phi) is 37.0. The first-order valence-corrected chi connectivity index (χ1v) is 20.8. The van der Waals surface area contributed by atoms with Crippen molar-refractivity contribution >= 4 is 17.9 Å². The van der Waals surface area contributed by atoms with Gasteiger partial charge in [-0.15, -0.1) is 0 Å². The van der Waals surface area contributed by atoms with Gasteiger partial charge in [-0.2, -0.15) is 0 Å². The lowest BCUT2D eigenvalue weighted by Gasteiger charge is -2.18. The molecule has 0 radical (unpaired) electrons. The molecule has 6 nitrogen and oxygen atoms in total. The van der Waals surface area contributed by atoms with E-state index in [1.807, 2.05) is 0 Å². The summed E-state index contributed by atoms with van der Waals surface area (Å²) in [5.41, 5.74) is 0. The summed E-state index contributed by atoms with van der Waals surface area (Å²) in [6.07, 6.45) is 40.4. The normalized spacial score (nSPS) is 12.1. The van der Waals surface area contributed by atoms with Crippen molar-refractivity contribution in [3.63, 3.8) is 0 Å². The van der Waals surface area contributed by atoms with E-state index in [0.717, 1.165) is 51.4 Å². The Hall–Kier alpha value is -2.11. The van der Waals surface area contributed by atoms with Gasteiger partial charge in [0.1, 0.15) is 13.2 Å². The molecule has 6 heteroatoms. The Balaban J connectivity index is 4.38. The van der Waals surface area contributed by atoms with Crippen LogP contribution in [0.3, 0.4) is 0 Å². The van der Waals surface area contributed by atoms with Gasteiger partial charge in [0, 0.05) is 19.3 Å². The monoisotopic (exact) mass is 691 g/mol. The fourth-order valence-corrected chi connectivity index (χ4v) is 5.74. The van der Waals surface area contributed by atoms with Crippen molar-refractivity contribution in [3.05, 3.63) is 24.3 Å². The fourth-order valence-electron chi connectivity index (χ4n) is 5.74. The predicted octanol–water partition coefficient (Wildman–Crippen LogP) is 12.9. The van der Waals surface area contributed by atoms with Gasteiger partial charge in [-0.3, -0.25) is 14.4 Å². The van der Waals surface area contributed by atoms with E-state index < -0.39 is 6.10 Å². The van der Waals surface area contributed by atoms with Crippen LogP contribution < -0.4 is 0 Å². The van der Waals surface area contributed by atoms with Crippen LogP contribution >= 0.6 is 0 Å². The molecule has 0 spiro atoms. The van der Waals surface area contributed by atoms with Crippen molar-refractivity contribution in [2.75, 3.05) is 13.2 Å². The molecule has 0 aliphatic heterocycles. The molecule has 1 atom stereocenters. The molecule has 0 saturated heterocycles. The molecular formula is C43H78O6. The van der Waals surface area contributed by atoms with E-state index in [4.69, 9.17) is 14.2 Å². The number of unbranched alkanes of at least 4 members (excludes halogenated alkanes) is 22. The quantitative estimate of drug-likeness (QED) is 0.0279. The molecule has 0 N–H and O–H groups in total. The van der Waals surface area contributed by atoms with Crippen molar-refractivity contribution in [3.8, 4) is 0 Å². The van der Waals surface area contributed by atoms with Crippen molar-refractivity contribution in [2.24, 2.45) is 0 Å². The third-order valence-corrected chi connectivity index (χ3v) is 8.93. The van der Waals surface area contributed by atoms with Crippen LogP contribution in [0.2, 0.25) is 0 Å². The topological polar surface area (TPSA) is 78.9 Å². The van der Waals surface area contributed by atoms with E-state index in [1.54, 1.807) is 0 Å². The summed E-state index contributed by atoms with van der Waals surface area (Å²) in [6, 6.07) is 0. The van der Waals surface area contributed by atoms with Crippen LogP contribution in [0.15, 0.2) is 24.3 Å². The van der Waals surface area contributed by atoms with E-state index >= 15 is 0 Å². The van der Waals surface area contributed by atoms with Gasteiger partial charge >= 0.3 is 17.9 Å². The van der Waals surface area contributed by atoms with Crippen LogP contribution in [0, 0.1) is 0 Å². The second-order valence-corrected chi connectivity index (χ2v) is 13.9. The number of hydrogen-bond acceptors (Lipinski definition) is 6. The Morgan fingerprint density at radius 2 is 0.694 bits per heavy atom. The Morgan fingerprint density at radius 3 is 1.10 bits per heavy atom. The van der Waals surface area contributed by atoms with Crippen LogP contribution in [0.1, 0.15) is 213 Å². The average Bonchev–Trinajstić information content (AvgIpc) is 3.10. The van der Waals surface area contributed by atoms with Crippen LogP contribution in [0.4, 0.5) is 0 Å². The second kappa shape index (κ2) is 38.7. The first-order chi connectivity index (χ1) is 24.0. The summed E-state index contributed by atoms with van der Waals surface area (Å²) >= 11 is 0. The molecule has 0 heterocycles. The van der Waals surface area contributed by atoms with Crippen LogP contribution in [0.5, 0.6) is 0 Å². The molecular weight excluding hydrogens is 612 g/mol. The molecule has 0 aromatic heterocycles. The summed E-state index contributed by atoms with van der Waals surface area (Å²) in [7, 11) is 0. The largest absolute Gasteiger partial charge is 0.462 e. The smallest absolute Gasteiger partial charge is 0.306 e. The highest BCUT2D eigenvalue weighted by molar-refractivity contribution is 5.71. The van der Waals surface area contributed by atoms with Crippen LogP contribution in [-0.4, -0.2) is 37.2 Å². The molecule has 0 amide bonds. The zero-order valence-electron chi connectivity index (χ0n) is 32.5. The minimum absolute atomic E-state index is 0.0886. The number of carbonyl (C=O) groups is 3. The molecule has 0 aliphatic carbocycles. The molecule has 0 saturated carbocycles. The van der Waals surface area contributed by atoms with Gasteiger partial charge in [0.2, 0.25) is 0 Å². The lowest BCUT2D eigenvalue weighted by atomic mass is 10.0. The second-order valence-electron chi connectivity index (χ2n) is 13.9. The first-order valence-electron chi connectivity index (χ1n) is 20.8. The predicted molar refractivity (Wildman–Crippen MR) is 206 cm³/mol. The zero-order chi connectivity index (χ0) is 35.9. The lowest BCUT2D eigenvalue weighted by molar-refractivity contribution is -0.167. The maximum absolute atomic E-state index is 12.6. The van der Waals surface area contributed by atoms with Gasteiger partial charge in [0.15, 0.2) is 6.10 Å². The fraction of sp³-hybridized carbons (Fsp3) is 0.837. The van der Waals surface area contributed by atoms with Crippen LogP contribution in [-0.2, 0) is 28.6 Å². The van der Waals surface area contributed by atoms with E-state index in [-0.39, 0.29) is 37.5 Å². The van der Waals surface area contributed by atoms with E-state index in [1.165, 1.54) is 116 Å². The number of carbonyl (C=O) groups excluding carboxylic acids is 3. The maximum atomic E-state index is 12.6. The maximum Gasteiger partial charge on any atom is 0.306 e. The van der Waals surface area contributed by atoms with Gasteiger partial charge in [0.25, 0.3) is 0 Å². The molecule has 0 rings (SSSR count). The molecule has 0 aromatic rings. The number of rotatable bonds is 37. The average molecular weight is 691 g/mol. The van der Waals surface area contributed by atoms with Crippen molar-refractivity contribution in [2.45, 2.75) is 219 Å². The summed E-state index contributed by atoms with van der Waals surface area (Å²) in [5, 5.41) is 0. The minimum Gasteiger partial charge on any atom is -0.462 e. The number of ether oxygens (including phenoxy) is 3.